The largest absolute Gasteiger partial charge is 0.387 e. The number of carbonyl (C=O) groups is 3. The predicted octanol–water partition coefficient (Wildman–Crippen LogP) is -1.58. The van der Waals surface area contributed by atoms with Crippen molar-refractivity contribution in [2.24, 2.45) is 0 Å². The number of imidazole rings is 1. The lowest BCUT2D eigenvalue weighted by molar-refractivity contribution is -0.137. The fourth-order valence-electron chi connectivity index (χ4n) is 4.15. The highest BCUT2D eigenvalue weighted by molar-refractivity contribution is 6.02. The van der Waals surface area contributed by atoms with Gasteiger partial charge in [-0.25, -0.2) is 15.0 Å². The van der Waals surface area contributed by atoms with E-state index < -0.39 is 30.4 Å². The third kappa shape index (κ3) is 4.03. The molecule has 0 radical (unpaired) electrons. The van der Waals surface area contributed by atoms with E-state index in [9.17, 15) is 24.6 Å². The second-order valence-electron chi connectivity index (χ2n) is 8.11. The van der Waals surface area contributed by atoms with Crippen LogP contribution in [0.4, 0.5) is 11.5 Å². The Bertz CT molecular complexity index is 1330. The molecule has 1 fully saturated rings. The minimum Gasteiger partial charge on any atom is -0.387 e. The van der Waals surface area contributed by atoms with Crippen LogP contribution in [0.3, 0.4) is 0 Å². The first-order valence-electron chi connectivity index (χ1n) is 10.8. The van der Waals surface area contributed by atoms with Crippen molar-refractivity contribution in [2.45, 2.75) is 37.5 Å². The number of nitrogens with zero attached hydrogens (tertiary/aromatic N) is 4. The molecule has 0 saturated carbocycles. The summed E-state index contributed by atoms with van der Waals surface area (Å²) in [6, 6.07) is 5.04. The van der Waals surface area contributed by atoms with Gasteiger partial charge in [0.15, 0.2) is 23.8 Å². The van der Waals surface area contributed by atoms with E-state index in [-0.39, 0.29) is 36.2 Å². The van der Waals surface area contributed by atoms with Crippen molar-refractivity contribution < 1.29 is 29.3 Å². The molecule has 7 N–H and O–H groups in total. The smallest absolute Gasteiger partial charge is 0.252 e. The number of carbonyl (C=O) groups excluding carboxylic acids is 3. The average molecular weight is 482 g/mol. The molecule has 14 heteroatoms. The quantitative estimate of drug-likeness (QED) is 0.237. The topological polar surface area (TPSA) is 207 Å². The summed E-state index contributed by atoms with van der Waals surface area (Å²) in [6.07, 6.45) is -3.01. The Labute approximate surface area is 197 Å². The summed E-state index contributed by atoms with van der Waals surface area (Å²) in [7, 11) is 0. The summed E-state index contributed by atoms with van der Waals surface area (Å²) in [5, 5.41) is 28.8. The molecule has 0 unspecified atom stereocenters. The monoisotopic (exact) mass is 482 g/mol. The SMILES string of the molecule is Nc1ncnc2c1ncn2[C@@H]1O[C@H](C(=O)NCCC(=O)Nc2cccc3c2CNC3=O)[C@@H](O)[C@H]1O. The zero-order valence-corrected chi connectivity index (χ0v) is 18.2. The number of aliphatic hydroxyl groups is 2. The number of benzene rings is 1. The van der Waals surface area contributed by atoms with Crippen LogP contribution in [0.1, 0.15) is 28.6 Å². The van der Waals surface area contributed by atoms with Gasteiger partial charge in [-0.3, -0.25) is 19.0 Å². The Morgan fingerprint density at radius 3 is 2.89 bits per heavy atom. The van der Waals surface area contributed by atoms with Crippen LogP contribution in [-0.4, -0.2) is 72.3 Å². The first kappa shape index (κ1) is 22.6. The molecule has 2 aromatic heterocycles. The van der Waals surface area contributed by atoms with Crippen molar-refractivity contribution in [1.82, 2.24) is 30.2 Å². The van der Waals surface area contributed by atoms with E-state index >= 15 is 0 Å². The molecular formula is C21H22N8O6. The second kappa shape index (κ2) is 8.90. The highest BCUT2D eigenvalue weighted by atomic mass is 16.6. The molecule has 0 spiro atoms. The van der Waals surface area contributed by atoms with Crippen LogP contribution >= 0.6 is 0 Å². The lowest BCUT2D eigenvalue weighted by Crippen LogP contribution is -2.43. The van der Waals surface area contributed by atoms with Gasteiger partial charge in [-0.2, -0.15) is 0 Å². The number of fused-ring (bicyclic) bond motifs is 2. The molecule has 0 aliphatic carbocycles. The molecule has 182 valence electrons. The van der Waals surface area contributed by atoms with Gasteiger partial charge in [0, 0.05) is 36.3 Å². The molecule has 2 aliphatic heterocycles. The molecular weight excluding hydrogens is 460 g/mol. The van der Waals surface area contributed by atoms with Crippen LogP contribution in [-0.2, 0) is 20.9 Å². The highest BCUT2D eigenvalue weighted by Gasteiger charge is 2.47. The van der Waals surface area contributed by atoms with Gasteiger partial charge in [-0.15, -0.1) is 0 Å². The number of nitrogen functional groups attached to an aromatic ring is 1. The van der Waals surface area contributed by atoms with Crippen molar-refractivity contribution >= 4 is 40.4 Å². The summed E-state index contributed by atoms with van der Waals surface area (Å²) in [4.78, 5) is 48.7. The first-order chi connectivity index (χ1) is 16.8. The Hall–Kier alpha value is -4.14. The molecule has 1 aromatic carbocycles. The molecule has 4 heterocycles. The van der Waals surface area contributed by atoms with Gasteiger partial charge in [0.05, 0.1) is 6.33 Å². The van der Waals surface area contributed by atoms with Gasteiger partial charge in [0.2, 0.25) is 5.91 Å². The molecule has 4 atom stereocenters. The van der Waals surface area contributed by atoms with Crippen LogP contribution in [0.15, 0.2) is 30.9 Å². The number of hydrogen-bond acceptors (Lipinski definition) is 10. The van der Waals surface area contributed by atoms with Gasteiger partial charge in [0.1, 0.15) is 24.1 Å². The Kier molecular flexibility index (Phi) is 5.76. The van der Waals surface area contributed by atoms with Crippen molar-refractivity contribution in [1.29, 1.82) is 0 Å². The predicted molar refractivity (Wildman–Crippen MR) is 120 cm³/mol. The van der Waals surface area contributed by atoms with Crippen LogP contribution in [0.5, 0.6) is 0 Å². The van der Waals surface area contributed by atoms with Crippen molar-refractivity contribution in [2.75, 3.05) is 17.6 Å². The lowest BCUT2D eigenvalue weighted by atomic mass is 10.1. The second-order valence-corrected chi connectivity index (χ2v) is 8.11. The maximum atomic E-state index is 12.6. The molecule has 3 aromatic rings. The van der Waals surface area contributed by atoms with E-state index in [0.29, 0.717) is 28.9 Å². The van der Waals surface area contributed by atoms with Crippen molar-refractivity contribution in [3.63, 3.8) is 0 Å². The minimum absolute atomic E-state index is 0.0397. The van der Waals surface area contributed by atoms with E-state index in [1.165, 1.54) is 17.2 Å². The first-order valence-corrected chi connectivity index (χ1v) is 10.8. The number of nitrogens with one attached hydrogen (secondary N) is 3. The van der Waals surface area contributed by atoms with Gasteiger partial charge in [-0.05, 0) is 12.1 Å². The number of hydrogen-bond donors (Lipinski definition) is 6. The standard InChI is InChI=1S/C21H22N8O6/c22-17-13-18(26-7-25-17)29(8-27-13)21-15(32)14(31)16(35-21)20(34)23-5-4-12(30)28-11-3-1-2-9-10(11)6-24-19(9)33/h1-3,7-8,14-16,21,31-32H,4-6H2,(H,23,34)(H,24,33)(H,28,30)(H2,22,25,26)/t14-,15+,16-,21+/m0/s1. The summed E-state index contributed by atoms with van der Waals surface area (Å²) in [5.74, 6) is -1.12. The van der Waals surface area contributed by atoms with Gasteiger partial charge < -0.3 is 36.6 Å². The molecule has 14 nitrogen and oxygen atoms in total. The van der Waals surface area contributed by atoms with E-state index in [4.69, 9.17) is 10.5 Å². The van der Waals surface area contributed by atoms with Crippen molar-refractivity contribution in [3.05, 3.63) is 42.0 Å². The fraction of sp³-hybridized carbons (Fsp3) is 0.333. The number of amides is 3. The highest BCUT2D eigenvalue weighted by Crippen LogP contribution is 2.32. The fourth-order valence-corrected chi connectivity index (χ4v) is 4.15. The van der Waals surface area contributed by atoms with Crippen molar-refractivity contribution in [3.8, 4) is 0 Å². The number of aliphatic hydroxyl groups excluding tert-OH is 2. The Balaban J connectivity index is 1.18. The Morgan fingerprint density at radius 2 is 2.06 bits per heavy atom. The molecule has 1 saturated heterocycles. The van der Waals surface area contributed by atoms with E-state index in [2.05, 4.69) is 30.9 Å². The van der Waals surface area contributed by atoms with Crippen LogP contribution in [0.25, 0.3) is 11.2 Å². The van der Waals surface area contributed by atoms with Gasteiger partial charge in [0.25, 0.3) is 11.8 Å². The summed E-state index contributed by atoms with van der Waals surface area (Å²) >= 11 is 0. The number of aromatic nitrogens is 4. The van der Waals surface area contributed by atoms with E-state index in [0.717, 1.165) is 0 Å². The van der Waals surface area contributed by atoms with Gasteiger partial charge >= 0.3 is 0 Å². The van der Waals surface area contributed by atoms with Gasteiger partial charge in [-0.1, -0.05) is 6.07 Å². The minimum atomic E-state index is -1.53. The number of ether oxygens (including phenoxy) is 1. The maximum Gasteiger partial charge on any atom is 0.252 e. The summed E-state index contributed by atoms with van der Waals surface area (Å²) in [6.45, 7) is 0.286. The molecule has 2 aliphatic rings. The maximum absolute atomic E-state index is 12.6. The van der Waals surface area contributed by atoms with Crippen LogP contribution < -0.4 is 21.7 Å². The van der Waals surface area contributed by atoms with E-state index in [1.54, 1.807) is 18.2 Å². The number of anilines is 2. The van der Waals surface area contributed by atoms with Crippen LogP contribution in [0, 0.1) is 0 Å². The zero-order chi connectivity index (χ0) is 24.7. The third-order valence-corrected chi connectivity index (χ3v) is 5.93. The summed E-state index contributed by atoms with van der Waals surface area (Å²) < 4.78 is 6.99. The molecule has 3 amide bonds. The van der Waals surface area contributed by atoms with Crippen LogP contribution in [0.2, 0.25) is 0 Å². The number of rotatable bonds is 6. The van der Waals surface area contributed by atoms with E-state index in [1.807, 2.05) is 0 Å². The molecule has 35 heavy (non-hydrogen) atoms. The normalized spacial score (nSPS) is 23.2. The molecule has 0 bridgehead atoms. The Morgan fingerprint density at radius 1 is 1.23 bits per heavy atom. The molecule has 5 rings (SSSR count). The lowest BCUT2D eigenvalue weighted by Gasteiger charge is -2.16. The third-order valence-electron chi connectivity index (χ3n) is 5.93. The average Bonchev–Trinajstić information content (AvgIpc) is 3.52. The number of nitrogens with two attached hydrogens (primary N) is 1. The summed E-state index contributed by atoms with van der Waals surface area (Å²) in [5.41, 5.74) is 8.08. The zero-order valence-electron chi connectivity index (χ0n) is 18.2.